The van der Waals surface area contributed by atoms with Gasteiger partial charge in [0.15, 0.2) is 6.10 Å². The lowest BCUT2D eigenvalue weighted by Crippen LogP contribution is -2.37. The van der Waals surface area contributed by atoms with E-state index in [4.69, 9.17) is 18.5 Å². The summed E-state index contributed by atoms with van der Waals surface area (Å²) in [5.41, 5.74) is 0. The molecule has 1 N–H and O–H groups in total. The van der Waals surface area contributed by atoms with Crippen LogP contribution in [0.4, 0.5) is 0 Å². The minimum Gasteiger partial charge on any atom is -0.462 e. The van der Waals surface area contributed by atoms with Crippen LogP contribution in [0.15, 0.2) is 12.2 Å². The number of unbranched alkanes of at least 4 members (excludes halogenated alkanes) is 25. The van der Waals surface area contributed by atoms with Crippen LogP contribution in [-0.2, 0) is 32.7 Å². The van der Waals surface area contributed by atoms with Gasteiger partial charge in [-0.1, -0.05) is 167 Å². The lowest BCUT2D eigenvalue weighted by molar-refractivity contribution is -0.870. The second-order valence-electron chi connectivity index (χ2n) is 16.4. The largest absolute Gasteiger partial charge is 0.472 e. The predicted octanol–water partition coefficient (Wildman–Crippen LogP) is 12.6. The Labute approximate surface area is 333 Å². The van der Waals surface area contributed by atoms with Crippen LogP contribution in [-0.4, -0.2) is 74.9 Å². The average molecular weight is 789 g/mol. The number of hydrogen-bond donors (Lipinski definition) is 1. The molecule has 0 spiro atoms. The maximum atomic E-state index is 12.7. The van der Waals surface area contributed by atoms with Crippen LogP contribution in [0.2, 0.25) is 0 Å². The molecule has 0 saturated heterocycles. The summed E-state index contributed by atoms with van der Waals surface area (Å²) in [7, 11) is 1.48. The van der Waals surface area contributed by atoms with E-state index in [1.54, 1.807) is 0 Å². The Hall–Kier alpha value is -1.25. The van der Waals surface area contributed by atoms with Crippen molar-refractivity contribution in [2.24, 2.45) is 0 Å². The van der Waals surface area contributed by atoms with Crippen LogP contribution in [0.5, 0.6) is 0 Å². The third-order valence-electron chi connectivity index (χ3n) is 9.80. The first-order valence-electron chi connectivity index (χ1n) is 22.4. The van der Waals surface area contributed by atoms with Gasteiger partial charge in [0.25, 0.3) is 0 Å². The van der Waals surface area contributed by atoms with Crippen LogP contribution in [0.25, 0.3) is 0 Å². The highest BCUT2D eigenvalue weighted by molar-refractivity contribution is 7.47. The van der Waals surface area contributed by atoms with Crippen molar-refractivity contribution in [3.8, 4) is 0 Å². The van der Waals surface area contributed by atoms with Crippen LogP contribution in [0.3, 0.4) is 0 Å². The molecule has 0 aromatic carbocycles. The van der Waals surface area contributed by atoms with Gasteiger partial charge in [-0.25, -0.2) is 4.57 Å². The second kappa shape index (κ2) is 37.3. The number of likely N-dealkylation sites (N-methyl/N-ethyl adjacent to an activating group) is 1. The van der Waals surface area contributed by atoms with E-state index in [0.717, 1.165) is 44.9 Å². The molecule has 0 aromatic heterocycles. The number of phosphoric ester groups is 1. The van der Waals surface area contributed by atoms with E-state index in [0.29, 0.717) is 23.9 Å². The lowest BCUT2D eigenvalue weighted by Gasteiger charge is -2.24. The molecule has 1 unspecified atom stereocenters. The van der Waals surface area contributed by atoms with E-state index in [1.807, 2.05) is 21.1 Å². The first kappa shape index (κ1) is 52.8. The molecule has 54 heavy (non-hydrogen) atoms. The molecule has 0 heterocycles. The number of phosphoric acid groups is 1. The summed E-state index contributed by atoms with van der Waals surface area (Å²) in [6, 6.07) is 0. The van der Waals surface area contributed by atoms with Crippen LogP contribution < -0.4 is 0 Å². The highest BCUT2D eigenvalue weighted by Crippen LogP contribution is 2.43. The number of rotatable bonds is 41. The van der Waals surface area contributed by atoms with Gasteiger partial charge in [0.05, 0.1) is 27.7 Å². The number of nitrogens with zero attached hydrogens (tertiary/aromatic N) is 1. The Morgan fingerprint density at radius 1 is 0.556 bits per heavy atom. The Kier molecular flexibility index (Phi) is 36.5. The van der Waals surface area contributed by atoms with Crippen LogP contribution in [0.1, 0.15) is 206 Å². The van der Waals surface area contributed by atoms with Gasteiger partial charge in [-0.15, -0.1) is 0 Å². The number of carbonyl (C=O) groups is 2. The molecule has 2 atom stereocenters. The molecule has 0 aromatic rings. The van der Waals surface area contributed by atoms with Gasteiger partial charge >= 0.3 is 19.8 Å². The molecule has 0 saturated carbocycles. The van der Waals surface area contributed by atoms with Crippen molar-refractivity contribution >= 4 is 19.8 Å². The molecule has 0 aliphatic heterocycles. The summed E-state index contributed by atoms with van der Waals surface area (Å²) < 4.78 is 34.3. The quantitative estimate of drug-likeness (QED) is 0.0214. The molecule has 0 fully saturated rings. The van der Waals surface area contributed by atoms with Crippen molar-refractivity contribution in [1.82, 2.24) is 0 Å². The fourth-order valence-corrected chi connectivity index (χ4v) is 6.99. The number of ether oxygens (including phenoxy) is 2. The van der Waals surface area contributed by atoms with Crippen LogP contribution in [0, 0.1) is 0 Å². The number of allylic oxidation sites excluding steroid dienone is 2. The van der Waals surface area contributed by atoms with E-state index in [2.05, 4.69) is 26.0 Å². The van der Waals surface area contributed by atoms with Crippen molar-refractivity contribution < 1.29 is 42.1 Å². The molecule has 9 nitrogen and oxygen atoms in total. The van der Waals surface area contributed by atoms with Gasteiger partial charge in [-0.05, 0) is 38.5 Å². The lowest BCUT2D eigenvalue weighted by atomic mass is 10.0. The Bertz CT molecular complexity index is 938. The van der Waals surface area contributed by atoms with Gasteiger partial charge < -0.3 is 18.9 Å². The molecular formula is C44H87NO8P+. The first-order valence-corrected chi connectivity index (χ1v) is 23.9. The molecule has 0 radical (unpaired) electrons. The number of hydrogen-bond acceptors (Lipinski definition) is 7. The molecule has 320 valence electrons. The predicted molar refractivity (Wildman–Crippen MR) is 224 cm³/mol. The summed E-state index contributed by atoms with van der Waals surface area (Å²) in [5, 5.41) is 0. The molecule has 0 amide bonds. The fourth-order valence-electron chi connectivity index (χ4n) is 6.24. The third-order valence-corrected chi connectivity index (χ3v) is 10.8. The van der Waals surface area contributed by atoms with Gasteiger partial charge in [0.1, 0.15) is 19.8 Å². The Balaban J connectivity index is 4.30. The molecule has 0 aliphatic rings. The maximum Gasteiger partial charge on any atom is 0.472 e. The minimum atomic E-state index is -4.37. The van der Waals surface area contributed by atoms with Crippen molar-refractivity contribution in [3.05, 3.63) is 12.2 Å². The average Bonchev–Trinajstić information content (AvgIpc) is 3.12. The van der Waals surface area contributed by atoms with Crippen molar-refractivity contribution in [2.45, 2.75) is 213 Å². The van der Waals surface area contributed by atoms with Gasteiger partial charge in [0, 0.05) is 12.8 Å². The zero-order chi connectivity index (χ0) is 40.0. The Morgan fingerprint density at radius 2 is 0.944 bits per heavy atom. The molecular weight excluding hydrogens is 701 g/mol. The summed E-state index contributed by atoms with van der Waals surface area (Å²) in [6.07, 6.45) is 38.2. The third kappa shape index (κ3) is 40.4. The summed E-state index contributed by atoms with van der Waals surface area (Å²) in [6.45, 7) is 4.42. The van der Waals surface area contributed by atoms with Gasteiger partial charge in [-0.2, -0.15) is 0 Å². The maximum absolute atomic E-state index is 12.7. The van der Waals surface area contributed by atoms with Crippen molar-refractivity contribution in [1.29, 1.82) is 0 Å². The van der Waals surface area contributed by atoms with E-state index in [-0.39, 0.29) is 25.6 Å². The number of quaternary nitrogens is 1. The summed E-state index contributed by atoms with van der Waals surface area (Å²) in [4.78, 5) is 35.3. The highest BCUT2D eigenvalue weighted by Gasteiger charge is 2.27. The highest BCUT2D eigenvalue weighted by atomic mass is 31.2. The monoisotopic (exact) mass is 789 g/mol. The Morgan fingerprint density at radius 3 is 1.41 bits per heavy atom. The normalized spacial score (nSPS) is 13.7. The summed E-state index contributed by atoms with van der Waals surface area (Å²) in [5.74, 6) is -0.796. The van der Waals surface area contributed by atoms with Gasteiger partial charge in [-0.3, -0.25) is 18.6 Å². The van der Waals surface area contributed by atoms with E-state index >= 15 is 0 Å². The topological polar surface area (TPSA) is 108 Å². The molecule has 0 aliphatic carbocycles. The first-order chi connectivity index (χ1) is 26.0. The minimum absolute atomic E-state index is 0.0336. The molecule has 0 rings (SSSR count). The van der Waals surface area contributed by atoms with Gasteiger partial charge in [0.2, 0.25) is 0 Å². The standard InChI is InChI=1S/C44H86NO8P/c1-6-8-10-12-14-16-18-20-21-22-23-25-26-28-30-32-34-36-43(46)50-40-42(41-52-54(48,49)51-39-38-45(3,4)5)53-44(47)37-35-33-31-29-27-24-19-17-15-13-11-9-7-2/h15,17,42H,6-14,16,18-41H2,1-5H3/p+1/b17-15-/t42-/m1/s1. The van der Waals surface area contributed by atoms with Crippen molar-refractivity contribution in [2.75, 3.05) is 47.5 Å². The SMILES string of the molecule is CCCCC/C=C\CCCCCCCCC(=O)O[C@H](COC(=O)CCCCCCCCCCCCCCCCCCC)COP(=O)(O)OCC[N+](C)(C)C. The van der Waals surface area contributed by atoms with E-state index in [1.165, 1.54) is 128 Å². The van der Waals surface area contributed by atoms with E-state index in [9.17, 15) is 19.0 Å². The van der Waals surface area contributed by atoms with E-state index < -0.39 is 26.5 Å². The number of carbonyl (C=O) groups excluding carboxylic acids is 2. The summed E-state index contributed by atoms with van der Waals surface area (Å²) >= 11 is 0. The fraction of sp³-hybridized carbons (Fsp3) is 0.909. The number of esters is 2. The smallest absolute Gasteiger partial charge is 0.462 e. The molecule has 10 heteroatoms. The second-order valence-corrected chi connectivity index (χ2v) is 17.9. The van der Waals surface area contributed by atoms with Crippen molar-refractivity contribution in [3.63, 3.8) is 0 Å². The molecule has 0 bridgehead atoms. The zero-order valence-corrected chi connectivity index (χ0v) is 36.9. The van der Waals surface area contributed by atoms with Crippen LogP contribution >= 0.6 is 7.82 Å². The zero-order valence-electron chi connectivity index (χ0n) is 36.0.